The van der Waals surface area contributed by atoms with E-state index in [9.17, 15) is 9.59 Å². The van der Waals surface area contributed by atoms with Crippen LogP contribution in [0.4, 0.5) is 0 Å². The van der Waals surface area contributed by atoms with Gasteiger partial charge in [-0.15, -0.1) is 23.2 Å². The maximum absolute atomic E-state index is 11.9. The van der Waals surface area contributed by atoms with Gasteiger partial charge in [-0.1, -0.05) is 0 Å². The highest BCUT2D eigenvalue weighted by Gasteiger charge is 2.69. The number of hydrogen-bond acceptors (Lipinski definition) is 6. The van der Waals surface area contributed by atoms with Gasteiger partial charge in [0.2, 0.25) is 5.75 Å². The molecule has 1 N–H and O–H groups in total. The van der Waals surface area contributed by atoms with E-state index < -0.39 is 28.2 Å². The van der Waals surface area contributed by atoms with Crippen LogP contribution in [0.25, 0.3) is 0 Å². The van der Waals surface area contributed by atoms with E-state index in [1.807, 2.05) is 0 Å². The lowest BCUT2D eigenvalue weighted by Gasteiger charge is -2.15. The van der Waals surface area contributed by atoms with E-state index in [-0.39, 0.29) is 6.54 Å². The number of nitrogens with one attached hydrogen (secondary N) is 1. The van der Waals surface area contributed by atoms with Crippen molar-refractivity contribution in [3.05, 3.63) is 17.7 Å². The van der Waals surface area contributed by atoms with Crippen molar-refractivity contribution in [3.8, 4) is 17.2 Å². The average Bonchev–Trinajstić information content (AvgIpc) is 3.15. The Morgan fingerprint density at radius 2 is 1.65 bits per heavy atom. The van der Waals surface area contributed by atoms with Gasteiger partial charge in [0.25, 0.3) is 5.91 Å². The van der Waals surface area contributed by atoms with Crippen LogP contribution in [-0.2, 0) is 20.9 Å². The van der Waals surface area contributed by atoms with Gasteiger partial charge >= 0.3 is 5.97 Å². The zero-order chi connectivity index (χ0) is 19.5. The zero-order valence-electron chi connectivity index (χ0n) is 15.0. The summed E-state index contributed by atoms with van der Waals surface area (Å²) in [4.78, 5) is 23.9. The minimum absolute atomic E-state index is 0.194. The average molecular weight is 406 g/mol. The Morgan fingerprint density at radius 3 is 2.08 bits per heavy atom. The lowest BCUT2D eigenvalue weighted by molar-refractivity contribution is -0.153. The minimum atomic E-state index is -1.13. The van der Waals surface area contributed by atoms with Crippen LogP contribution >= 0.6 is 23.2 Å². The minimum Gasteiger partial charge on any atom is -0.493 e. The van der Waals surface area contributed by atoms with Gasteiger partial charge in [-0.25, -0.2) is 0 Å². The maximum atomic E-state index is 11.9. The molecule has 1 saturated carbocycles. The second-order valence-electron chi connectivity index (χ2n) is 6.10. The number of amides is 1. The fourth-order valence-corrected chi connectivity index (χ4v) is 3.09. The van der Waals surface area contributed by atoms with Gasteiger partial charge in [-0.3, -0.25) is 9.59 Å². The molecule has 1 aliphatic carbocycles. The number of alkyl halides is 2. The molecule has 0 radical (unpaired) electrons. The van der Waals surface area contributed by atoms with Crippen molar-refractivity contribution >= 4 is 35.1 Å². The van der Waals surface area contributed by atoms with Crippen LogP contribution in [0.2, 0.25) is 0 Å². The Bertz CT molecular complexity index is 683. The summed E-state index contributed by atoms with van der Waals surface area (Å²) in [6, 6.07) is 3.43. The van der Waals surface area contributed by atoms with Crippen LogP contribution < -0.4 is 19.5 Å². The van der Waals surface area contributed by atoms with Gasteiger partial charge in [0.15, 0.2) is 18.1 Å². The molecule has 0 spiro atoms. The Hall–Kier alpha value is -1.86. The van der Waals surface area contributed by atoms with Crippen LogP contribution in [-0.4, -0.2) is 44.1 Å². The normalized spacial score (nSPS) is 20.1. The number of carbonyl (C=O) groups is 2. The smallest absolute Gasteiger partial charge is 0.315 e. The van der Waals surface area contributed by atoms with Gasteiger partial charge in [-0.05, 0) is 24.6 Å². The van der Waals surface area contributed by atoms with E-state index >= 15 is 0 Å². The maximum Gasteiger partial charge on any atom is 0.315 e. The summed E-state index contributed by atoms with van der Waals surface area (Å²) < 4.78 is 19.6. The summed E-state index contributed by atoms with van der Waals surface area (Å²) >= 11 is 11.8. The molecule has 2 rings (SSSR count). The van der Waals surface area contributed by atoms with Crippen LogP contribution in [0, 0.1) is 5.41 Å². The highest BCUT2D eigenvalue weighted by molar-refractivity contribution is 6.53. The summed E-state index contributed by atoms with van der Waals surface area (Å²) in [5, 5.41) is 2.65. The molecule has 9 heteroatoms. The second kappa shape index (κ2) is 7.80. The number of benzene rings is 1. The first kappa shape index (κ1) is 20.5. The molecule has 0 aliphatic heterocycles. The molecular formula is C17H21Cl2NO6. The van der Waals surface area contributed by atoms with E-state index in [1.165, 1.54) is 21.3 Å². The summed E-state index contributed by atoms with van der Waals surface area (Å²) in [6.45, 7) is 1.38. The first-order valence-electron chi connectivity index (χ1n) is 7.79. The fourth-order valence-electron chi connectivity index (χ4n) is 2.40. The highest BCUT2D eigenvalue weighted by Crippen LogP contribution is 2.64. The Morgan fingerprint density at radius 1 is 1.12 bits per heavy atom. The SMILES string of the molecule is COc1cc(CNC(=O)COC(=O)[C@]2(C)CC2(Cl)Cl)cc(OC)c1OC. The van der Waals surface area contributed by atoms with Crippen molar-refractivity contribution in [1.82, 2.24) is 5.32 Å². The summed E-state index contributed by atoms with van der Waals surface area (Å²) in [6.07, 6.45) is 0.301. The van der Waals surface area contributed by atoms with Crippen molar-refractivity contribution in [3.63, 3.8) is 0 Å². The van der Waals surface area contributed by atoms with Gasteiger partial charge in [0, 0.05) is 13.0 Å². The van der Waals surface area contributed by atoms with E-state index in [1.54, 1.807) is 19.1 Å². The number of esters is 1. The van der Waals surface area contributed by atoms with E-state index in [0.29, 0.717) is 23.7 Å². The van der Waals surface area contributed by atoms with Crippen molar-refractivity contribution in [1.29, 1.82) is 0 Å². The van der Waals surface area contributed by atoms with E-state index in [2.05, 4.69) is 5.32 Å². The molecule has 1 atom stereocenters. The molecule has 0 aromatic heterocycles. The third kappa shape index (κ3) is 4.10. The molecular weight excluding hydrogens is 385 g/mol. The monoisotopic (exact) mass is 405 g/mol. The lowest BCUT2D eigenvalue weighted by Crippen LogP contribution is -2.31. The molecule has 0 unspecified atom stereocenters. The number of methoxy groups -OCH3 is 3. The molecule has 1 aliphatic rings. The summed E-state index contributed by atoms with van der Waals surface area (Å²) in [5.41, 5.74) is -0.235. The molecule has 1 aromatic rings. The lowest BCUT2D eigenvalue weighted by atomic mass is 10.1. The highest BCUT2D eigenvalue weighted by atomic mass is 35.5. The van der Waals surface area contributed by atoms with Crippen molar-refractivity contribution in [2.24, 2.45) is 5.41 Å². The molecule has 144 valence electrons. The molecule has 1 aromatic carbocycles. The molecule has 1 fully saturated rings. The first-order valence-corrected chi connectivity index (χ1v) is 8.54. The predicted octanol–water partition coefficient (Wildman–Crippen LogP) is 2.46. The van der Waals surface area contributed by atoms with Gasteiger partial charge < -0.3 is 24.3 Å². The van der Waals surface area contributed by atoms with E-state index in [0.717, 1.165) is 5.56 Å². The third-order valence-electron chi connectivity index (χ3n) is 4.26. The number of ether oxygens (including phenoxy) is 4. The molecule has 7 nitrogen and oxygen atoms in total. The topological polar surface area (TPSA) is 83.1 Å². The molecule has 26 heavy (non-hydrogen) atoms. The Kier molecular flexibility index (Phi) is 6.13. The molecule has 1 amide bonds. The standard InChI is InChI=1S/C17H21Cl2NO6/c1-16(9-17(16,18)19)15(22)26-8-13(21)20-7-10-5-11(23-2)14(25-4)12(6-10)24-3/h5-6H,7-9H2,1-4H3,(H,20,21)/t16-/m0/s1. The predicted molar refractivity (Wildman–Crippen MR) is 96.1 cm³/mol. The molecule has 0 bridgehead atoms. The van der Waals surface area contributed by atoms with Crippen molar-refractivity contribution < 1.29 is 28.5 Å². The number of rotatable bonds is 8. The zero-order valence-corrected chi connectivity index (χ0v) is 16.5. The van der Waals surface area contributed by atoms with Gasteiger partial charge in [0.05, 0.1) is 21.3 Å². The first-order chi connectivity index (χ1) is 12.2. The number of halogens is 2. The van der Waals surface area contributed by atoms with Gasteiger partial charge in [-0.2, -0.15) is 0 Å². The third-order valence-corrected chi connectivity index (χ3v) is 5.36. The summed E-state index contributed by atoms with van der Waals surface area (Å²) in [7, 11) is 4.52. The largest absolute Gasteiger partial charge is 0.493 e. The van der Waals surface area contributed by atoms with Crippen LogP contribution in [0.1, 0.15) is 18.9 Å². The molecule has 0 heterocycles. The number of carbonyl (C=O) groups excluding carboxylic acids is 2. The van der Waals surface area contributed by atoms with E-state index in [4.69, 9.17) is 42.1 Å². The Labute approximate surface area is 161 Å². The van der Waals surface area contributed by atoms with Crippen molar-refractivity contribution in [2.75, 3.05) is 27.9 Å². The van der Waals surface area contributed by atoms with Crippen LogP contribution in [0.15, 0.2) is 12.1 Å². The van der Waals surface area contributed by atoms with Gasteiger partial charge in [0.1, 0.15) is 9.75 Å². The van der Waals surface area contributed by atoms with Crippen LogP contribution in [0.5, 0.6) is 17.2 Å². The Balaban J connectivity index is 1.90. The second-order valence-corrected chi connectivity index (χ2v) is 7.58. The quantitative estimate of drug-likeness (QED) is 0.528. The summed E-state index contributed by atoms with van der Waals surface area (Å²) in [5.74, 6) is 0.369. The number of hydrogen-bond donors (Lipinski definition) is 1. The van der Waals surface area contributed by atoms with Crippen LogP contribution in [0.3, 0.4) is 0 Å². The van der Waals surface area contributed by atoms with Crippen molar-refractivity contribution in [2.45, 2.75) is 24.2 Å². The molecule has 0 saturated heterocycles. The fraction of sp³-hybridized carbons (Fsp3) is 0.529.